The molecule has 2 heterocycles. The number of hydrogen-bond donors (Lipinski definition) is 0. The third kappa shape index (κ3) is 5.23. The van der Waals surface area contributed by atoms with Gasteiger partial charge in [0, 0.05) is 18.5 Å². The van der Waals surface area contributed by atoms with E-state index in [1.165, 1.54) is 76.6 Å². The molecule has 2 fully saturated rings. The lowest BCUT2D eigenvalue weighted by molar-refractivity contribution is 0.00619. The number of likely N-dealkylation sites (N-methyl/N-ethyl adjacent to an activating group) is 1. The first-order chi connectivity index (χ1) is 14.1. The molecule has 1 aliphatic heterocycles. The summed E-state index contributed by atoms with van der Waals surface area (Å²) in [7, 11) is 2.16. The van der Waals surface area contributed by atoms with Crippen LogP contribution in [0.1, 0.15) is 68.6 Å². The Kier molecular flexibility index (Phi) is 6.60. The molecule has 6 heteroatoms. The minimum Gasteiger partial charge on any atom is -0.338 e. The largest absolute Gasteiger partial charge is 0.338 e. The van der Waals surface area contributed by atoms with Crippen LogP contribution in [0.3, 0.4) is 0 Å². The molecule has 29 heavy (non-hydrogen) atoms. The summed E-state index contributed by atoms with van der Waals surface area (Å²) in [4.78, 5) is 9.67. The highest BCUT2D eigenvalue weighted by Gasteiger charge is 2.39. The molecule has 1 saturated heterocycles. The molecule has 0 amide bonds. The van der Waals surface area contributed by atoms with Crippen molar-refractivity contribution in [2.75, 3.05) is 26.7 Å². The third-order valence-electron chi connectivity index (χ3n) is 6.54. The standard InChI is InChI=1S/C23H33FN4O/c1-27(18-23(11-4-2-5-12-23)28-13-6-3-7-14-28)17-22-25-21(26-29-22)16-19-9-8-10-20(24)15-19/h8-10,15H,2-7,11-14,16-18H2,1H3. The van der Waals surface area contributed by atoms with Crippen LogP contribution < -0.4 is 0 Å². The lowest BCUT2D eigenvalue weighted by Gasteiger charge is -2.49. The fourth-order valence-electron chi connectivity index (χ4n) is 5.20. The summed E-state index contributed by atoms with van der Waals surface area (Å²) in [6, 6.07) is 6.57. The number of rotatable bonds is 7. The number of nitrogens with zero attached hydrogens (tertiary/aromatic N) is 4. The first-order valence-corrected chi connectivity index (χ1v) is 11.1. The first kappa shape index (κ1) is 20.5. The number of benzene rings is 1. The fraction of sp³-hybridized carbons (Fsp3) is 0.652. The molecule has 0 unspecified atom stereocenters. The molecular weight excluding hydrogens is 367 g/mol. The van der Waals surface area contributed by atoms with Gasteiger partial charge in [-0.3, -0.25) is 9.80 Å². The van der Waals surface area contributed by atoms with Crippen LogP contribution in [-0.2, 0) is 13.0 Å². The summed E-state index contributed by atoms with van der Waals surface area (Å²) >= 11 is 0. The third-order valence-corrected chi connectivity index (χ3v) is 6.54. The van der Waals surface area contributed by atoms with Gasteiger partial charge in [-0.2, -0.15) is 4.98 Å². The van der Waals surface area contributed by atoms with E-state index in [1.54, 1.807) is 6.07 Å². The number of halogens is 1. The Morgan fingerprint density at radius 1 is 1.10 bits per heavy atom. The molecule has 1 aliphatic carbocycles. The van der Waals surface area contributed by atoms with Gasteiger partial charge in [0.1, 0.15) is 5.82 Å². The van der Waals surface area contributed by atoms with Gasteiger partial charge in [0.2, 0.25) is 5.89 Å². The monoisotopic (exact) mass is 400 g/mol. The van der Waals surface area contributed by atoms with E-state index in [4.69, 9.17) is 4.52 Å². The van der Waals surface area contributed by atoms with Crippen LogP contribution in [0.25, 0.3) is 0 Å². The van der Waals surface area contributed by atoms with Crippen LogP contribution in [0.15, 0.2) is 28.8 Å². The van der Waals surface area contributed by atoms with Crippen LogP contribution in [-0.4, -0.2) is 52.2 Å². The van der Waals surface area contributed by atoms with E-state index in [9.17, 15) is 4.39 Å². The molecule has 158 valence electrons. The molecule has 1 aromatic heterocycles. The maximum Gasteiger partial charge on any atom is 0.240 e. The highest BCUT2D eigenvalue weighted by atomic mass is 19.1. The molecule has 1 saturated carbocycles. The second-order valence-corrected chi connectivity index (χ2v) is 8.92. The molecule has 5 nitrogen and oxygen atoms in total. The summed E-state index contributed by atoms with van der Waals surface area (Å²) in [5.74, 6) is 1.02. The minimum atomic E-state index is -0.235. The Hall–Kier alpha value is -1.79. The van der Waals surface area contributed by atoms with Crippen LogP contribution in [0.5, 0.6) is 0 Å². The number of likely N-dealkylation sites (tertiary alicyclic amines) is 1. The van der Waals surface area contributed by atoms with E-state index in [0.717, 1.165) is 12.1 Å². The molecule has 0 spiro atoms. The van der Waals surface area contributed by atoms with Gasteiger partial charge in [-0.1, -0.05) is 43.0 Å². The van der Waals surface area contributed by atoms with Crippen LogP contribution >= 0.6 is 0 Å². The highest BCUT2D eigenvalue weighted by Crippen LogP contribution is 2.36. The van der Waals surface area contributed by atoms with Gasteiger partial charge in [0.05, 0.1) is 6.54 Å². The normalized spacial score (nSPS) is 20.2. The zero-order valence-electron chi connectivity index (χ0n) is 17.6. The van der Waals surface area contributed by atoms with Crippen molar-refractivity contribution in [3.63, 3.8) is 0 Å². The zero-order chi connectivity index (χ0) is 20.1. The minimum absolute atomic E-state index is 0.235. The number of piperidine rings is 1. The maximum atomic E-state index is 13.4. The van der Waals surface area contributed by atoms with E-state index >= 15 is 0 Å². The average Bonchev–Trinajstić information content (AvgIpc) is 3.16. The van der Waals surface area contributed by atoms with Crippen molar-refractivity contribution in [1.82, 2.24) is 19.9 Å². The average molecular weight is 401 g/mol. The van der Waals surface area contributed by atoms with Crippen molar-refractivity contribution < 1.29 is 8.91 Å². The Balaban J connectivity index is 1.38. The lowest BCUT2D eigenvalue weighted by atomic mass is 9.79. The molecule has 0 bridgehead atoms. The number of aromatic nitrogens is 2. The number of hydrogen-bond acceptors (Lipinski definition) is 5. The predicted molar refractivity (Wildman–Crippen MR) is 111 cm³/mol. The Bertz CT molecular complexity index is 781. The molecule has 2 aromatic rings. The Morgan fingerprint density at radius 2 is 1.86 bits per heavy atom. The molecule has 1 aromatic carbocycles. The second-order valence-electron chi connectivity index (χ2n) is 8.92. The second kappa shape index (κ2) is 9.35. The van der Waals surface area contributed by atoms with Gasteiger partial charge in [-0.15, -0.1) is 0 Å². The molecular formula is C23H33FN4O. The van der Waals surface area contributed by atoms with Gasteiger partial charge in [-0.25, -0.2) is 4.39 Å². The van der Waals surface area contributed by atoms with E-state index in [1.807, 2.05) is 6.07 Å². The summed E-state index contributed by atoms with van der Waals surface area (Å²) in [5, 5.41) is 4.10. The van der Waals surface area contributed by atoms with Gasteiger partial charge in [0.15, 0.2) is 5.82 Å². The summed E-state index contributed by atoms with van der Waals surface area (Å²) in [6.07, 6.45) is 11.2. The Labute approximate surface area is 173 Å². The fourth-order valence-corrected chi connectivity index (χ4v) is 5.20. The lowest BCUT2D eigenvalue weighted by Crippen LogP contribution is -2.57. The van der Waals surface area contributed by atoms with Crippen LogP contribution in [0.4, 0.5) is 4.39 Å². The van der Waals surface area contributed by atoms with Crippen molar-refractivity contribution in [1.29, 1.82) is 0 Å². The van der Waals surface area contributed by atoms with Crippen LogP contribution in [0, 0.1) is 5.82 Å². The van der Waals surface area contributed by atoms with Gasteiger partial charge in [-0.05, 0) is 63.5 Å². The van der Waals surface area contributed by atoms with Crippen molar-refractivity contribution >= 4 is 0 Å². The van der Waals surface area contributed by atoms with Crippen molar-refractivity contribution in [2.24, 2.45) is 0 Å². The quantitative estimate of drug-likeness (QED) is 0.688. The topological polar surface area (TPSA) is 45.4 Å². The van der Waals surface area contributed by atoms with Crippen molar-refractivity contribution in [2.45, 2.75) is 69.9 Å². The predicted octanol–water partition coefficient (Wildman–Crippen LogP) is 4.42. The van der Waals surface area contributed by atoms with E-state index in [-0.39, 0.29) is 5.82 Å². The molecule has 2 aliphatic rings. The van der Waals surface area contributed by atoms with E-state index < -0.39 is 0 Å². The smallest absolute Gasteiger partial charge is 0.240 e. The van der Waals surface area contributed by atoms with Gasteiger partial charge in [0.25, 0.3) is 0 Å². The molecule has 0 radical (unpaired) electrons. The van der Waals surface area contributed by atoms with Crippen LogP contribution in [0.2, 0.25) is 0 Å². The SMILES string of the molecule is CN(Cc1nc(Cc2cccc(F)c2)no1)CC1(N2CCCCC2)CCCCC1. The van der Waals surface area contributed by atoms with Gasteiger partial charge >= 0.3 is 0 Å². The maximum absolute atomic E-state index is 13.4. The highest BCUT2D eigenvalue weighted by molar-refractivity contribution is 5.19. The van der Waals surface area contributed by atoms with Crippen molar-refractivity contribution in [3.8, 4) is 0 Å². The molecule has 4 rings (SSSR count). The van der Waals surface area contributed by atoms with Crippen molar-refractivity contribution in [3.05, 3.63) is 47.4 Å². The first-order valence-electron chi connectivity index (χ1n) is 11.1. The van der Waals surface area contributed by atoms with E-state index in [0.29, 0.717) is 30.2 Å². The summed E-state index contributed by atoms with van der Waals surface area (Å²) < 4.78 is 18.9. The summed E-state index contributed by atoms with van der Waals surface area (Å²) in [6.45, 7) is 4.19. The molecule has 0 N–H and O–H groups in total. The Morgan fingerprint density at radius 3 is 2.62 bits per heavy atom. The summed E-state index contributed by atoms with van der Waals surface area (Å²) in [5.41, 5.74) is 1.16. The van der Waals surface area contributed by atoms with Gasteiger partial charge < -0.3 is 4.52 Å². The molecule has 0 atom stereocenters. The van der Waals surface area contributed by atoms with E-state index in [2.05, 4.69) is 27.0 Å². The zero-order valence-corrected chi connectivity index (χ0v) is 17.6.